The maximum absolute atomic E-state index is 12.0. The van der Waals surface area contributed by atoms with E-state index < -0.39 is 0 Å². The molecule has 0 saturated heterocycles. The van der Waals surface area contributed by atoms with E-state index in [1.165, 1.54) is 32.1 Å². The lowest BCUT2D eigenvalue weighted by Gasteiger charge is -2.58. The van der Waals surface area contributed by atoms with Crippen LogP contribution in [-0.2, 0) is 14.3 Å². The van der Waals surface area contributed by atoms with E-state index in [4.69, 9.17) is 4.74 Å². The number of carbonyl (C=O) groups excluding carboxylic acids is 2. The lowest BCUT2D eigenvalue weighted by atomic mass is 9.47. The molecule has 0 heterocycles. The van der Waals surface area contributed by atoms with Gasteiger partial charge in [-0.05, 0) is 98.2 Å². The Hall–Kier alpha value is -1.32. The lowest BCUT2D eigenvalue weighted by molar-refractivity contribution is -0.152. The van der Waals surface area contributed by atoms with Crippen LogP contribution in [0.4, 0.5) is 0 Å². The number of hydrogen-bond donors (Lipinski definition) is 1. The van der Waals surface area contributed by atoms with Gasteiger partial charge in [0.05, 0.1) is 0 Å². The molecule has 3 fully saturated rings. The summed E-state index contributed by atoms with van der Waals surface area (Å²) in [7, 11) is 0. The van der Waals surface area contributed by atoms with Crippen molar-refractivity contribution >= 4 is 11.9 Å². The summed E-state index contributed by atoms with van der Waals surface area (Å²) in [5, 5.41) is 3.20. The normalized spacial score (nSPS) is 41.5. The molecule has 8 atom stereocenters. The SMILES string of the molecule is CCCC(=O)NC[C@@H](C)C1CCC2C3=CCC4C[C@@H](OC(C)=O)CC[C@]4(C)C3CC[C@@]21C. The average molecular weight is 444 g/mol. The second kappa shape index (κ2) is 9.14. The number of carbonyl (C=O) groups is 2. The van der Waals surface area contributed by atoms with Gasteiger partial charge in [0.1, 0.15) is 6.10 Å². The van der Waals surface area contributed by atoms with Crippen molar-refractivity contribution in [3.8, 4) is 0 Å². The Kier molecular flexibility index (Phi) is 6.81. The molecule has 0 bridgehead atoms. The Morgan fingerprint density at radius 3 is 2.56 bits per heavy atom. The van der Waals surface area contributed by atoms with Gasteiger partial charge in [0.2, 0.25) is 5.91 Å². The van der Waals surface area contributed by atoms with E-state index in [0.717, 1.165) is 32.2 Å². The van der Waals surface area contributed by atoms with Gasteiger partial charge in [0.25, 0.3) is 0 Å². The van der Waals surface area contributed by atoms with Crippen LogP contribution < -0.4 is 5.32 Å². The summed E-state index contributed by atoms with van der Waals surface area (Å²) >= 11 is 0. The number of esters is 1. The molecule has 4 aliphatic rings. The van der Waals surface area contributed by atoms with E-state index in [-0.39, 0.29) is 18.0 Å². The van der Waals surface area contributed by atoms with Gasteiger partial charge < -0.3 is 10.1 Å². The third-order valence-electron chi connectivity index (χ3n) is 10.2. The molecular formula is C28H45NO3. The average Bonchev–Trinajstić information content (AvgIpc) is 3.09. The minimum Gasteiger partial charge on any atom is -0.463 e. The van der Waals surface area contributed by atoms with Crippen LogP contribution in [0.5, 0.6) is 0 Å². The van der Waals surface area contributed by atoms with Crippen molar-refractivity contribution in [2.24, 2.45) is 40.4 Å². The summed E-state index contributed by atoms with van der Waals surface area (Å²) in [6, 6.07) is 0. The molecule has 0 aliphatic heterocycles. The molecule has 1 N–H and O–H groups in total. The van der Waals surface area contributed by atoms with Crippen LogP contribution in [-0.4, -0.2) is 24.5 Å². The number of allylic oxidation sites excluding steroid dienone is 2. The number of rotatable bonds is 6. The predicted octanol–water partition coefficient (Wildman–Crippen LogP) is 6.05. The van der Waals surface area contributed by atoms with E-state index in [1.807, 2.05) is 0 Å². The van der Waals surface area contributed by atoms with Crippen molar-refractivity contribution in [1.82, 2.24) is 5.32 Å². The van der Waals surface area contributed by atoms with Gasteiger partial charge in [0.15, 0.2) is 0 Å². The second-order valence-corrected chi connectivity index (χ2v) is 12.0. The largest absolute Gasteiger partial charge is 0.463 e. The topological polar surface area (TPSA) is 55.4 Å². The van der Waals surface area contributed by atoms with Gasteiger partial charge >= 0.3 is 5.97 Å². The summed E-state index contributed by atoms with van der Waals surface area (Å²) in [4.78, 5) is 23.5. The maximum atomic E-state index is 12.0. The maximum Gasteiger partial charge on any atom is 0.302 e. The Morgan fingerprint density at radius 2 is 1.84 bits per heavy atom. The second-order valence-electron chi connectivity index (χ2n) is 12.0. The number of amides is 1. The quantitative estimate of drug-likeness (QED) is 0.402. The Labute approximate surface area is 195 Å². The number of fused-ring (bicyclic) bond motifs is 5. The third kappa shape index (κ3) is 4.16. The van der Waals surface area contributed by atoms with Gasteiger partial charge in [-0.25, -0.2) is 0 Å². The third-order valence-corrected chi connectivity index (χ3v) is 10.2. The number of nitrogens with one attached hydrogen (secondary N) is 1. The van der Waals surface area contributed by atoms with Crippen LogP contribution in [0.1, 0.15) is 98.8 Å². The van der Waals surface area contributed by atoms with E-state index in [0.29, 0.717) is 46.8 Å². The number of ether oxygens (including phenoxy) is 1. The molecule has 4 unspecified atom stereocenters. The zero-order valence-electron chi connectivity index (χ0n) is 21.0. The van der Waals surface area contributed by atoms with Crippen LogP contribution in [0.2, 0.25) is 0 Å². The molecule has 32 heavy (non-hydrogen) atoms. The summed E-state index contributed by atoms with van der Waals surface area (Å²) in [5.74, 6) is 3.37. The molecule has 0 aromatic heterocycles. The molecule has 4 aliphatic carbocycles. The van der Waals surface area contributed by atoms with Crippen LogP contribution in [0.3, 0.4) is 0 Å². The van der Waals surface area contributed by atoms with Crippen molar-refractivity contribution in [2.45, 2.75) is 105 Å². The molecule has 4 nitrogen and oxygen atoms in total. The van der Waals surface area contributed by atoms with Crippen LogP contribution in [0, 0.1) is 40.4 Å². The van der Waals surface area contributed by atoms with Gasteiger partial charge in [-0.15, -0.1) is 0 Å². The highest BCUT2D eigenvalue weighted by molar-refractivity contribution is 5.75. The summed E-state index contributed by atoms with van der Waals surface area (Å²) in [6.45, 7) is 11.9. The minimum atomic E-state index is -0.129. The Morgan fingerprint density at radius 1 is 1.12 bits per heavy atom. The zero-order chi connectivity index (χ0) is 23.1. The first-order valence-electron chi connectivity index (χ1n) is 13.3. The standard InChI is InChI=1S/C28H45NO3/c1-6-7-26(31)29-17-18(2)23-10-11-24-22-9-8-20-16-21(32-19(3)30)12-14-27(20,4)25(22)13-15-28(23,24)5/h9,18,20-21,23-25H,6-8,10-17H2,1-5H3,(H,29,31)/t18-,20?,21+,23?,24?,25?,27+,28-/m1/s1. The molecule has 4 rings (SSSR count). The molecule has 3 saturated carbocycles. The molecule has 0 aromatic rings. The monoisotopic (exact) mass is 443 g/mol. The van der Waals surface area contributed by atoms with Crippen LogP contribution in [0.25, 0.3) is 0 Å². The highest BCUT2D eigenvalue weighted by Gasteiger charge is 2.58. The van der Waals surface area contributed by atoms with E-state index >= 15 is 0 Å². The van der Waals surface area contributed by atoms with Gasteiger partial charge in [-0.1, -0.05) is 39.3 Å². The number of hydrogen-bond acceptors (Lipinski definition) is 3. The molecular weight excluding hydrogens is 398 g/mol. The first-order valence-corrected chi connectivity index (χ1v) is 13.3. The molecule has 4 heteroatoms. The predicted molar refractivity (Wildman–Crippen MR) is 128 cm³/mol. The highest BCUT2D eigenvalue weighted by Crippen LogP contribution is 2.66. The molecule has 0 aromatic carbocycles. The zero-order valence-corrected chi connectivity index (χ0v) is 21.0. The fourth-order valence-corrected chi connectivity index (χ4v) is 8.52. The van der Waals surface area contributed by atoms with Gasteiger partial charge in [-0.3, -0.25) is 9.59 Å². The van der Waals surface area contributed by atoms with Crippen molar-refractivity contribution in [3.63, 3.8) is 0 Å². The Balaban J connectivity index is 1.46. The Bertz CT molecular complexity index is 760. The van der Waals surface area contributed by atoms with Gasteiger partial charge in [-0.2, -0.15) is 0 Å². The van der Waals surface area contributed by atoms with E-state index in [2.05, 4.69) is 39.1 Å². The minimum absolute atomic E-state index is 0.119. The van der Waals surface area contributed by atoms with Gasteiger partial charge in [0, 0.05) is 19.9 Å². The molecule has 0 spiro atoms. The first kappa shape index (κ1) is 23.8. The summed E-state index contributed by atoms with van der Waals surface area (Å²) in [6.07, 6.45) is 13.9. The van der Waals surface area contributed by atoms with Crippen LogP contribution >= 0.6 is 0 Å². The van der Waals surface area contributed by atoms with E-state index in [1.54, 1.807) is 12.5 Å². The fraction of sp³-hybridized carbons (Fsp3) is 0.857. The molecule has 1 amide bonds. The fourth-order valence-electron chi connectivity index (χ4n) is 8.52. The van der Waals surface area contributed by atoms with Crippen LogP contribution in [0.15, 0.2) is 11.6 Å². The molecule has 180 valence electrons. The van der Waals surface area contributed by atoms with Crippen molar-refractivity contribution < 1.29 is 14.3 Å². The van der Waals surface area contributed by atoms with Crippen molar-refractivity contribution in [1.29, 1.82) is 0 Å². The molecule has 0 radical (unpaired) electrons. The summed E-state index contributed by atoms with van der Waals surface area (Å²) in [5.41, 5.74) is 2.50. The lowest BCUT2D eigenvalue weighted by Crippen LogP contribution is -2.50. The highest BCUT2D eigenvalue weighted by atomic mass is 16.5. The van der Waals surface area contributed by atoms with E-state index in [9.17, 15) is 9.59 Å². The van der Waals surface area contributed by atoms with Crippen molar-refractivity contribution in [3.05, 3.63) is 11.6 Å². The smallest absolute Gasteiger partial charge is 0.302 e. The summed E-state index contributed by atoms with van der Waals surface area (Å²) < 4.78 is 5.61. The van der Waals surface area contributed by atoms with Crippen molar-refractivity contribution in [2.75, 3.05) is 6.54 Å². The first-order chi connectivity index (χ1) is 15.2.